The van der Waals surface area contributed by atoms with Crippen LogP contribution >= 0.6 is 15.9 Å². The number of hydrogen-bond acceptors (Lipinski definition) is 4. The predicted molar refractivity (Wildman–Crippen MR) is 80.8 cm³/mol. The topological polar surface area (TPSA) is 44.8 Å². The van der Waals surface area contributed by atoms with Crippen LogP contribution in [-0.2, 0) is 4.74 Å². The molecule has 0 aromatic heterocycles. The molecule has 1 atom stereocenters. The first-order chi connectivity index (χ1) is 10.2. The molecule has 1 aliphatic heterocycles. The molecular formula is C16H13BrO4. The highest BCUT2D eigenvalue weighted by molar-refractivity contribution is 9.10. The molecule has 4 nitrogen and oxygen atoms in total. The fourth-order valence-electron chi connectivity index (χ4n) is 1.98. The zero-order valence-corrected chi connectivity index (χ0v) is 12.7. The highest BCUT2D eigenvalue weighted by atomic mass is 79.9. The van der Waals surface area contributed by atoms with Gasteiger partial charge in [-0.05, 0) is 36.4 Å². The molecule has 0 radical (unpaired) electrons. The van der Waals surface area contributed by atoms with E-state index in [1.807, 2.05) is 24.3 Å². The van der Waals surface area contributed by atoms with Gasteiger partial charge in [0.1, 0.15) is 13.2 Å². The summed E-state index contributed by atoms with van der Waals surface area (Å²) in [5.41, 5.74) is 0.510. The Hall–Kier alpha value is -2.01. The molecule has 0 amide bonds. The number of benzene rings is 2. The van der Waals surface area contributed by atoms with Gasteiger partial charge in [-0.2, -0.15) is 0 Å². The molecule has 5 heteroatoms. The first-order valence-electron chi connectivity index (χ1n) is 6.53. The van der Waals surface area contributed by atoms with E-state index in [-0.39, 0.29) is 18.7 Å². The minimum absolute atomic E-state index is 0.156. The van der Waals surface area contributed by atoms with Gasteiger partial charge < -0.3 is 14.2 Å². The lowest BCUT2D eigenvalue weighted by atomic mass is 10.2. The molecule has 0 N–H and O–H groups in total. The van der Waals surface area contributed by atoms with Crippen LogP contribution in [0.1, 0.15) is 10.4 Å². The van der Waals surface area contributed by atoms with Gasteiger partial charge >= 0.3 is 5.97 Å². The Bertz CT molecular complexity index is 639. The lowest BCUT2D eigenvalue weighted by Gasteiger charge is -2.26. The van der Waals surface area contributed by atoms with Crippen LogP contribution in [0.25, 0.3) is 0 Å². The van der Waals surface area contributed by atoms with Gasteiger partial charge in [0.15, 0.2) is 17.6 Å². The number of halogens is 1. The molecule has 3 rings (SSSR count). The zero-order valence-electron chi connectivity index (χ0n) is 11.1. The zero-order chi connectivity index (χ0) is 14.7. The van der Waals surface area contributed by atoms with Crippen molar-refractivity contribution in [1.29, 1.82) is 0 Å². The van der Waals surface area contributed by atoms with E-state index in [2.05, 4.69) is 15.9 Å². The average Bonchev–Trinajstić information content (AvgIpc) is 2.53. The second-order valence-electron chi connectivity index (χ2n) is 4.60. The van der Waals surface area contributed by atoms with E-state index in [0.29, 0.717) is 23.7 Å². The Morgan fingerprint density at radius 1 is 1.14 bits per heavy atom. The summed E-state index contributed by atoms with van der Waals surface area (Å²) in [6, 6.07) is 14.5. The van der Waals surface area contributed by atoms with Crippen LogP contribution in [0.4, 0.5) is 0 Å². The van der Waals surface area contributed by atoms with E-state index in [1.54, 1.807) is 24.3 Å². The van der Waals surface area contributed by atoms with Gasteiger partial charge in [-0.1, -0.05) is 28.1 Å². The Kier molecular flexibility index (Phi) is 4.10. The number of ether oxygens (including phenoxy) is 3. The Morgan fingerprint density at radius 2 is 1.86 bits per heavy atom. The van der Waals surface area contributed by atoms with Crippen molar-refractivity contribution in [3.63, 3.8) is 0 Å². The maximum absolute atomic E-state index is 11.9. The molecule has 2 aromatic carbocycles. The van der Waals surface area contributed by atoms with Crippen molar-refractivity contribution in [2.75, 3.05) is 13.2 Å². The minimum Gasteiger partial charge on any atom is -0.486 e. The van der Waals surface area contributed by atoms with Gasteiger partial charge in [-0.3, -0.25) is 0 Å². The maximum atomic E-state index is 11.9. The largest absolute Gasteiger partial charge is 0.486 e. The Morgan fingerprint density at radius 3 is 2.62 bits per heavy atom. The summed E-state index contributed by atoms with van der Waals surface area (Å²) < 4.78 is 17.5. The summed E-state index contributed by atoms with van der Waals surface area (Å²) in [6.45, 7) is 0.522. The standard InChI is InChI=1S/C16H13BrO4/c17-12-7-5-11(6-8-12)16(18)20-10-13-9-19-14-3-1-2-4-15(14)21-13/h1-8,13H,9-10H2/t13-/m0/s1. The summed E-state index contributed by atoms with van der Waals surface area (Å²) in [4.78, 5) is 11.9. The van der Waals surface area contributed by atoms with Crippen LogP contribution in [-0.4, -0.2) is 25.3 Å². The summed E-state index contributed by atoms with van der Waals surface area (Å²) >= 11 is 3.32. The molecule has 0 fully saturated rings. The number of carbonyl (C=O) groups is 1. The quantitative estimate of drug-likeness (QED) is 0.797. The highest BCUT2D eigenvalue weighted by Gasteiger charge is 2.22. The highest BCUT2D eigenvalue weighted by Crippen LogP contribution is 2.30. The van der Waals surface area contributed by atoms with Gasteiger partial charge in [0, 0.05) is 4.47 Å². The van der Waals surface area contributed by atoms with E-state index in [4.69, 9.17) is 14.2 Å². The Balaban J connectivity index is 1.56. The molecule has 1 heterocycles. The summed E-state index contributed by atoms with van der Waals surface area (Å²) in [5, 5.41) is 0. The molecule has 108 valence electrons. The number of hydrogen-bond donors (Lipinski definition) is 0. The number of fused-ring (bicyclic) bond motifs is 1. The molecule has 21 heavy (non-hydrogen) atoms. The third-order valence-electron chi connectivity index (χ3n) is 3.05. The molecule has 1 aliphatic rings. The van der Waals surface area contributed by atoms with Crippen molar-refractivity contribution >= 4 is 21.9 Å². The van der Waals surface area contributed by atoms with Crippen LogP contribution in [0.15, 0.2) is 53.0 Å². The second-order valence-corrected chi connectivity index (χ2v) is 5.52. The average molecular weight is 349 g/mol. The SMILES string of the molecule is O=C(OC[C@@H]1COc2ccccc2O1)c1ccc(Br)cc1. The van der Waals surface area contributed by atoms with Crippen molar-refractivity contribution < 1.29 is 19.0 Å². The molecular weight excluding hydrogens is 336 g/mol. The number of rotatable bonds is 3. The van der Waals surface area contributed by atoms with Crippen LogP contribution in [0.5, 0.6) is 11.5 Å². The van der Waals surface area contributed by atoms with Crippen molar-refractivity contribution in [3.8, 4) is 11.5 Å². The molecule has 0 spiro atoms. The van der Waals surface area contributed by atoms with Gasteiger partial charge in [0.05, 0.1) is 5.56 Å². The van der Waals surface area contributed by atoms with Gasteiger partial charge in [-0.25, -0.2) is 4.79 Å². The smallest absolute Gasteiger partial charge is 0.338 e. The predicted octanol–water partition coefficient (Wildman–Crippen LogP) is 3.45. The lowest BCUT2D eigenvalue weighted by molar-refractivity contribution is 0.0110. The van der Waals surface area contributed by atoms with Crippen molar-refractivity contribution in [2.24, 2.45) is 0 Å². The minimum atomic E-state index is -0.370. The van der Waals surface area contributed by atoms with Gasteiger partial charge in [0.25, 0.3) is 0 Å². The third-order valence-corrected chi connectivity index (χ3v) is 3.58. The van der Waals surface area contributed by atoms with Crippen LogP contribution < -0.4 is 9.47 Å². The second kappa shape index (κ2) is 6.18. The lowest BCUT2D eigenvalue weighted by Crippen LogP contribution is -2.34. The van der Waals surface area contributed by atoms with E-state index in [1.165, 1.54) is 0 Å². The molecule has 0 saturated heterocycles. The van der Waals surface area contributed by atoms with E-state index < -0.39 is 0 Å². The molecule has 0 unspecified atom stereocenters. The Labute approximate surface area is 130 Å². The molecule has 0 aliphatic carbocycles. The van der Waals surface area contributed by atoms with Crippen molar-refractivity contribution in [3.05, 3.63) is 58.6 Å². The summed E-state index contributed by atoms with van der Waals surface area (Å²) in [5.74, 6) is 1.02. The number of carbonyl (C=O) groups excluding carboxylic acids is 1. The van der Waals surface area contributed by atoms with Gasteiger partial charge in [0.2, 0.25) is 0 Å². The fraction of sp³-hybridized carbons (Fsp3) is 0.188. The van der Waals surface area contributed by atoms with Crippen molar-refractivity contribution in [1.82, 2.24) is 0 Å². The van der Waals surface area contributed by atoms with Crippen LogP contribution in [0.2, 0.25) is 0 Å². The first kappa shape index (κ1) is 13.9. The summed E-state index contributed by atoms with van der Waals surface area (Å²) in [7, 11) is 0. The van der Waals surface area contributed by atoms with Crippen LogP contribution in [0.3, 0.4) is 0 Å². The first-order valence-corrected chi connectivity index (χ1v) is 7.33. The third kappa shape index (κ3) is 3.36. The molecule has 0 saturated carbocycles. The molecule has 0 bridgehead atoms. The number of esters is 1. The fourth-order valence-corrected chi connectivity index (χ4v) is 2.25. The van der Waals surface area contributed by atoms with E-state index in [0.717, 1.165) is 4.47 Å². The maximum Gasteiger partial charge on any atom is 0.338 e. The molecule has 2 aromatic rings. The number of para-hydroxylation sites is 2. The monoisotopic (exact) mass is 348 g/mol. The van der Waals surface area contributed by atoms with Crippen LogP contribution in [0, 0.1) is 0 Å². The van der Waals surface area contributed by atoms with E-state index >= 15 is 0 Å². The normalized spacial score (nSPS) is 16.3. The van der Waals surface area contributed by atoms with Gasteiger partial charge in [-0.15, -0.1) is 0 Å². The van der Waals surface area contributed by atoms with E-state index in [9.17, 15) is 4.79 Å². The van der Waals surface area contributed by atoms with Crippen molar-refractivity contribution in [2.45, 2.75) is 6.10 Å². The summed E-state index contributed by atoms with van der Waals surface area (Å²) in [6.07, 6.45) is -0.292.